The lowest BCUT2D eigenvalue weighted by Gasteiger charge is -1.94. The summed E-state index contributed by atoms with van der Waals surface area (Å²) in [5.74, 6) is 0. The summed E-state index contributed by atoms with van der Waals surface area (Å²) in [7, 11) is 0. The van der Waals surface area contributed by atoms with E-state index in [-0.39, 0.29) is 0 Å². The molecule has 0 spiro atoms. The summed E-state index contributed by atoms with van der Waals surface area (Å²) in [5, 5.41) is 3.17. The van der Waals surface area contributed by atoms with Crippen molar-refractivity contribution in [3.8, 4) is 10.6 Å². The van der Waals surface area contributed by atoms with Crippen molar-refractivity contribution < 1.29 is 4.79 Å². The Morgan fingerprint density at radius 2 is 2.00 bits per heavy atom. The molecule has 0 unspecified atom stereocenters. The Hall–Kier alpha value is -1.19. The third-order valence-electron chi connectivity index (χ3n) is 1.70. The van der Waals surface area contributed by atoms with Crippen molar-refractivity contribution >= 4 is 29.2 Å². The molecule has 1 heterocycles. The minimum atomic E-state index is 0.347. The first-order valence-corrected chi connectivity index (χ1v) is 5.15. The average Bonchev–Trinajstić information content (AvgIpc) is 2.67. The van der Waals surface area contributed by atoms with Crippen LogP contribution >= 0.6 is 22.9 Å². The molecule has 0 fully saturated rings. The molecule has 1 aromatic heterocycles. The zero-order chi connectivity index (χ0) is 9.97. The van der Waals surface area contributed by atoms with Crippen LogP contribution in [0.3, 0.4) is 0 Å². The summed E-state index contributed by atoms with van der Waals surface area (Å²) in [6.45, 7) is 0. The molecule has 2 aromatic rings. The fraction of sp³-hybridized carbons (Fsp3) is 0. The van der Waals surface area contributed by atoms with E-state index in [1.54, 1.807) is 23.8 Å². The first kappa shape index (κ1) is 9.37. The third-order valence-corrected chi connectivity index (χ3v) is 2.84. The molecule has 0 atom stereocenters. The van der Waals surface area contributed by atoms with Gasteiger partial charge in [0.15, 0.2) is 0 Å². The number of thiazole rings is 1. The number of nitrogens with zero attached hydrogens (tertiary/aromatic N) is 1. The Kier molecular flexibility index (Phi) is 2.61. The van der Waals surface area contributed by atoms with Crippen LogP contribution in [-0.2, 0) is 4.79 Å². The van der Waals surface area contributed by atoms with Crippen LogP contribution in [-0.4, -0.2) is 11.3 Å². The van der Waals surface area contributed by atoms with E-state index in [9.17, 15) is 4.79 Å². The number of hydrogen-bond acceptors (Lipinski definition) is 3. The number of rotatable bonds is 2. The molecule has 0 saturated carbocycles. The molecule has 2 nitrogen and oxygen atoms in total. The molecule has 0 aliphatic rings. The highest BCUT2D eigenvalue weighted by atomic mass is 35.5. The van der Waals surface area contributed by atoms with Crippen LogP contribution < -0.4 is 0 Å². The summed E-state index contributed by atoms with van der Waals surface area (Å²) < 4.78 is 0. The Morgan fingerprint density at radius 1 is 1.29 bits per heavy atom. The molecule has 0 aliphatic carbocycles. The van der Waals surface area contributed by atoms with Gasteiger partial charge in [-0.15, -0.1) is 11.3 Å². The second kappa shape index (κ2) is 3.90. The van der Waals surface area contributed by atoms with E-state index in [1.165, 1.54) is 11.3 Å². The Morgan fingerprint density at radius 3 is 2.57 bits per heavy atom. The van der Waals surface area contributed by atoms with Gasteiger partial charge in [0.1, 0.15) is 10.7 Å². The summed E-state index contributed by atoms with van der Waals surface area (Å²) in [6.07, 6.45) is 1.75. The van der Waals surface area contributed by atoms with E-state index in [0.717, 1.165) is 10.6 Å². The molecule has 14 heavy (non-hydrogen) atoms. The molecule has 0 N–H and O–H groups in total. The van der Waals surface area contributed by atoms with Crippen LogP contribution in [0.2, 0.25) is 5.02 Å². The van der Waals surface area contributed by atoms with E-state index in [0.29, 0.717) is 10.7 Å². The van der Waals surface area contributed by atoms with E-state index in [1.807, 2.05) is 12.1 Å². The van der Waals surface area contributed by atoms with Gasteiger partial charge in [-0.1, -0.05) is 23.7 Å². The molecule has 1 aromatic carbocycles. The first-order chi connectivity index (χ1) is 6.79. The zero-order valence-electron chi connectivity index (χ0n) is 7.03. The minimum absolute atomic E-state index is 0.347. The SMILES string of the molecule is O=[C]c1csc(-c2ccc(Cl)cc2)n1. The highest BCUT2D eigenvalue weighted by Gasteiger charge is 2.03. The predicted octanol–water partition coefficient (Wildman–Crippen LogP) is 2.92. The molecule has 4 heteroatoms. The Labute approximate surface area is 90.2 Å². The summed E-state index contributed by atoms with van der Waals surface area (Å²) in [5.41, 5.74) is 1.31. The van der Waals surface area contributed by atoms with Crippen molar-refractivity contribution in [3.05, 3.63) is 40.4 Å². The minimum Gasteiger partial charge on any atom is -0.283 e. The van der Waals surface area contributed by atoms with Crippen molar-refractivity contribution in [3.63, 3.8) is 0 Å². The fourth-order valence-electron chi connectivity index (χ4n) is 1.05. The van der Waals surface area contributed by atoms with Gasteiger partial charge in [0, 0.05) is 16.0 Å². The second-order valence-corrected chi connectivity index (χ2v) is 3.94. The molecule has 69 valence electrons. The lowest BCUT2D eigenvalue weighted by Crippen LogP contribution is -1.80. The smallest absolute Gasteiger partial charge is 0.254 e. The number of carbonyl (C=O) groups excluding carboxylic acids is 1. The van der Waals surface area contributed by atoms with E-state index >= 15 is 0 Å². The van der Waals surface area contributed by atoms with Crippen molar-refractivity contribution in [1.82, 2.24) is 4.98 Å². The normalized spacial score (nSPS) is 10.1. The number of halogens is 1. The lowest BCUT2D eigenvalue weighted by molar-refractivity contribution is 0.562. The highest BCUT2D eigenvalue weighted by molar-refractivity contribution is 7.13. The highest BCUT2D eigenvalue weighted by Crippen LogP contribution is 2.24. The standard InChI is InChI=1S/C10H5ClNOS/c11-8-3-1-7(2-4-8)10-12-9(5-13)6-14-10/h1-4,6H. The monoisotopic (exact) mass is 222 g/mol. The van der Waals surface area contributed by atoms with E-state index < -0.39 is 0 Å². The van der Waals surface area contributed by atoms with Gasteiger partial charge in [0.2, 0.25) is 0 Å². The quantitative estimate of drug-likeness (QED) is 0.782. The average molecular weight is 223 g/mol. The molecule has 2 rings (SSSR count). The molecular weight excluding hydrogens is 218 g/mol. The Bertz CT molecular complexity index is 449. The Balaban J connectivity index is 2.39. The lowest BCUT2D eigenvalue weighted by atomic mass is 10.2. The zero-order valence-corrected chi connectivity index (χ0v) is 8.60. The van der Waals surface area contributed by atoms with Gasteiger partial charge >= 0.3 is 0 Å². The second-order valence-electron chi connectivity index (χ2n) is 2.65. The molecule has 0 saturated heterocycles. The maximum atomic E-state index is 10.3. The van der Waals surface area contributed by atoms with Crippen molar-refractivity contribution in [2.45, 2.75) is 0 Å². The van der Waals surface area contributed by atoms with E-state index in [4.69, 9.17) is 11.6 Å². The van der Waals surface area contributed by atoms with Crippen LogP contribution in [0, 0.1) is 0 Å². The largest absolute Gasteiger partial charge is 0.283 e. The molecular formula is C10H5ClNOS. The topological polar surface area (TPSA) is 30.0 Å². The maximum absolute atomic E-state index is 10.3. The molecule has 1 radical (unpaired) electrons. The number of hydrogen-bond donors (Lipinski definition) is 0. The first-order valence-electron chi connectivity index (χ1n) is 3.89. The number of benzene rings is 1. The van der Waals surface area contributed by atoms with Gasteiger partial charge in [-0.05, 0) is 12.1 Å². The predicted molar refractivity (Wildman–Crippen MR) is 57.4 cm³/mol. The van der Waals surface area contributed by atoms with Crippen molar-refractivity contribution in [2.24, 2.45) is 0 Å². The molecule has 0 aliphatic heterocycles. The van der Waals surface area contributed by atoms with Gasteiger partial charge in [-0.3, -0.25) is 4.79 Å². The van der Waals surface area contributed by atoms with Crippen LogP contribution in [0.25, 0.3) is 10.6 Å². The van der Waals surface area contributed by atoms with Crippen LogP contribution in [0.5, 0.6) is 0 Å². The van der Waals surface area contributed by atoms with Gasteiger partial charge in [-0.25, -0.2) is 4.98 Å². The summed E-state index contributed by atoms with van der Waals surface area (Å²) >= 11 is 7.17. The fourth-order valence-corrected chi connectivity index (χ4v) is 1.92. The summed E-state index contributed by atoms with van der Waals surface area (Å²) in [4.78, 5) is 14.4. The van der Waals surface area contributed by atoms with Gasteiger partial charge < -0.3 is 0 Å². The van der Waals surface area contributed by atoms with Gasteiger partial charge in [0.25, 0.3) is 6.29 Å². The number of aromatic nitrogens is 1. The van der Waals surface area contributed by atoms with Crippen LogP contribution in [0.1, 0.15) is 5.69 Å². The molecule has 0 amide bonds. The third kappa shape index (κ3) is 1.84. The van der Waals surface area contributed by atoms with E-state index in [2.05, 4.69) is 4.98 Å². The van der Waals surface area contributed by atoms with Crippen molar-refractivity contribution in [2.75, 3.05) is 0 Å². The van der Waals surface area contributed by atoms with Crippen LogP contribution in [0.4, 0.5) is 0 Å². The maximum Gasteiger partial charge on any atom is 0.254 e. The molecule has 0 bridgehead atoms. The van der Waals surface area contributed by atoms with Gasteiger partial charge in [0.05, 0.1) is 0 Å². The van der Waals surface area contributed by atoms with Crippen LogP contribution in [0.15, 0.2) is 29.6 Å². The summed E-state index contributed by atoms with van der Waals surface area (Å²) in [6, 6.07) is 7.33. The van der Waals surface area contributed by atoms with Gasteiger partial charge in [-0.2, -0.15) is 0 Å². The van der Waals surface area contributed by atoms with Crippen molar-refractivity contribution in [1.29, 1.82) is 0 Å².